The fraction of sp³-hybridized carbons (Fsp3) is 0.188. The molecule has 0 saturated carbocycles. The van der Waals surface area contributed by atoms with E-state index in [1.807, 2.05) is 54.8 Å². The van der Waals surface area contributed by atoms with E-state index in [0.717, 1.165) is 10.4 Å². The maximum Gasteiger partial charge on any atom is 0.277 e. The number of carbonyl (C=O) groups excluding carboxylic acids is 1. The summed E-state index contributed by atoms with van der Waals surface area (Å²) in [7, 11) is 0. The molecule has 2 aromatic heterocycles. The normalized spacial score (nSPS) is 12.0. The van der Waals surface area contributed by atoms with E-state index in [2.05, 4.69) is 15.5 Å². The van der Waals surface area contributed by atoms with Gasteiger partial charge in [-0.05, 0) is 23.9 Å². The van der Waals surface area contributed by atoms with Gasteiger partial charge in [0.05, 0.1) is 16.7 Å². The van der Waals surface area contributed by atoms with E-state index < -0.39 is 0 Å². The highest BCUT2D eigenvalue weighted by molar-refractivity contribution is 7.99. The highest BCUT2D eigenvalue weighted by Gasteiger charge is 2.13. The van der Waals surface area contributed by atoms with Gasteiger partial charge in [-0.15, -0.1) is 21.5 Å². The molecule has 3 aromatic rings. The highest BCUT2D eigenvalue weighted by atomic mass is 32.2. The zero-order valence-electron chi connectivity index (χ0n) is 12.4. The second kappa shape index (κ2) is 7.43. The number of aromatic nitrogens is 2. The third-order valence-electron chi connectivity index (χ3n) is 3.14. The van der Waals surface area contributed by atoms with Crippen molar-refractivity contribution in [1.82, 2.24) is 15.5 Å². The average molecular weight is 345 g/mol. The van der Waals surface area contributed by atoms with Crippen LogP contribution >= 0.6 is 23.1 Å². The van der Waals surface area contributed by atoms with Crippen molar-refractivity contribution < 1.29 is 9.21 Å². The molecule has 0 spiro atoms. The Morgan fingerprint density at radius 1 is 1.26 bits per heavy atom. The lowest BCUT2D eigenvalue weighted by atomic mass is 10.1. The van der Waals surface area contributed by atoms with Crippen molar-refractivity contribution in [2.45, 2.75) is 18.2 Å². The first-order chi connectivity index (χ1) is 11.2. The molecule has 118 valence electrons. The van der Waals surface area contributed by atoms with Crippen molar-refractivity contribution in [1.29, 1.82) is 0 Å². The number of benzene rings is 1. The van der Waals surface area contributed by atoms with Crippen LogP contribution in [0.2, 0.25) is 0 Å². The second-order valence-corrected chi connectivity index (χ2v) is 6.71. The van der Waals surface area contributed by atoms with Crippen molar-refractivity contribution in [2.75, 3.05) is 5.75 Å². The first kappa shape index (κ1) is 15.8. The van der Waals surface area contributed by atoms with Crippen LogP contribution in [0.5, 0.6) is 0 Å². The number of thiophene rings is 1. The fourth-order valence-corrected chi connectivity index (χ4v) is 3.22. The molecular formula is C16H15N3O2S2. The molecule has 0 aliphatic heterocycles. The molecule has 0 radical (unpaired) electrons. The Hall–Kier alpha value is -2.12. The van der Waals surface area contributed by atoms with E-state index in [9.17, 15) is 4.79 Å². The lowest BCUT2D eigenvalue weighted by Crippen LogP contribution is -2.28. The van der Waals surface area contributed by atoms with Gasteiger partial charge in [0, 0.05) is 0 Å². The number of hydrogen-bond acceptors (Lipinski definition) is 6. The summed E-state index contributed by atoms with van der Waals surface area (Å²) < 4.78 is 5.54. The van der Waals surface area contributed by atoms with Crippen molar-refractivity contribution in [3.8, 4) is 10.8 Å². The summed E-state index contributed by atoms with van der Waals surface area (Å²) in [5.74, 6) is 0.659. The van der Waals surface area contributed by atoms with E-state index in [1.165, 1.54) is 23.1 Å². The van der Waals surface area contributed by atoms with Crippen LogP contribution in [-0.2, 0) is 4.79 Å². The van der Waals surface area contributed by atoms with Crippen molar-refractivity contribution in [2.24, 2.45) is 0 Å². The lowest BCUT2D eigenvalue weighted by Gasteiger charge is -2.13. The number of rotatable bonds is 6. The smallest absolute Gasteiger partial charge is 0.277 e. The zero-order valence-corrected chi connectivity index (χ0v) is 14.1. The van der Waals surface area contributed by atoms with Gasteiger partial charge < -0.3 is 9.73 Å². The maximum absolute atomic E-state index is 12.0. The molecule has 7 heteroatoms. The topological polar surface area (TPSA) is 68.0 Å². The second-order valence-electron chi connectivity index (χ2n) is 4.84. The maximum atomic E-state index is 12.0. The number of amides is 1. The van der Waals surface area contributed by atoms with Crippen LogP contribution in [-0.4, -0.2) is 21.9 Å². The van der Waals surface area contributed by atoms with Gasteiger partial charge in [-0.25, -0.2) is 0 Å². The minimum atomic E-state index is -0.0674. The standard InChI is InChI=1S/C16H15N3O2S2/c1-11(12-6-3-2-4-7-12)17-14(20)10-23-16-19-18-15(21-16)13-8-5-9-22-13/h2-9,11H,10H2,1H3,(H,17,20)/t11-/m0/s1. The molecule has 1 atom stereocenters. The minimum absolute atomic E-state index is 0.0336. The molecule has 0 aliphatic rings. The SMILES string of the molecule is C[C@H](NC(=O)CSc1nnc(-c2cccs2)o1)c1ccccc1. The van der Waals surface area contributed by atoms with Gasteiger partial charge in [-0.1, -0.05) is 48.2 Å². The van der Waals surface area contributed by atoms with Crippen LogP contribution in [0, 0.1) is 0 Å². The van der Waals surface area contributed by atoms with Gasteiger partial charge in [0.2, 0.25) is 5.91 Å². The zero-order chi connectivity index (χ0) is 16.1. The first-order valence-electron chi connectivity index (χ1n) is 7.07. The van der Waals surface area contributed by atoms with Gasteiger partial charge in [-0.2, -0.15) is 0 Å². The van der Waals surface area contributed by atoms with Crippen LogP contribution in [0.4, 0.5) is 0 Å². The predicted molar refractivity (Wildman–Crippen MR) is 91.3 cm³/mol. The fourth-order valence-electron chi connectivity index (χ4n) is 2.00. The summed E-state index contributed by atoms with van der Waals surface area (Å²) >= 11 is 2.77. The third-order valence-corrected chi connectivity index (χ3v) is 4.82. The van der Waals surface area contributed by atoms with E-state index in [4.69, 9.17) is 4.42 Å². The molecule has 0 aliphatic carbocycles. The lowest BCUT2D eigenvalue weighted by molar-refractivity contribution is -0.119. The van der Waals surface area contributed by atoms with Gasteiger partial charge in [0.25, 0.3) is 11.1 Å². The molecule has 0 unspecified atom stereocenters. The summed E-state index contributed by atoms with van der Waals surface area (Å²) in [5.41, 5.74) is 1.07. The minimum Gasteiger partial charge on any atom is -0.410 e. The number of carbonyl (C=O) groups is 1. The van der Waals surface area contributed by atoms with Crippen molar-refractivity contribution in [3.63, 3.8) is 0 Å². The Bertz CT molecular complexity index is 757. The largest absolute Gasteiger partial charge is 0.410 e. The van der Waals surface area contributed by atoms with Gasteiger partial charge in [-0.3, -0.25) is 4.79 Å². The summed E-state index contributed by atoms with van der Waals surface area (Å²) in [6.45, 7) is 1.96. The molecule has 0 fully saturated rings. The van der Waals surface area contributed by atoms with E-state index in [1.54, 1.807) is 0 Å². The number of thioether (sulfide) groups is 1. The molecule has 1 aromatic carbocycles. The molecule has 1 amide bonds. The van der Waals surface area contributed by atoms with Crippen LogP contribution in [0.3, 0.4) is 0 Å². The van der Waals surface area contributed by atoms with Crippen LogP contribution in [0.25, 0.3) is 10.8 Å². The van der Waals surface area contributed by atoms with Crippen molar-refractivity contribution >= 4 is 29.0 Å². The molecule has 23 heavy (non-hydrogen) atoms. The number of nitrogens with one attached hydrogen (secondary N) is 1. The average Bonchev–Trinajstić information content (AvgIpc) is 3.25. The van der Waals surface area contributed by atoms with E-state index in [-0.39, 0.29) is 17.7 Å². The van der Waals surface area contributed by atoms with Crippen LogP contribution in [0.1, 0.15) is 18.5 Å². The summed E-state index contributed by atoms with van der Waals surface area (Å²) in [6, 6.07) is 13.7. The first-order valence-corrected chi connectivity index (χ1v) is 8.93. The third kappa shape index (κ3) is 4.20. The van der Waals surface area contributed by atoms with Crippen LogP contribution < -0.4 is 5.32 Å². The van der Waals surface area contributed by atoms with Gasteiger partial charge in [0.1, 0.15) is 0 Å². The van der Waals surface area contributed by atoms with Crippen LogP contribution in [0.15, 0.2) is 57.5 Å². The predicted octanol–water partition coefficient (Wildman–Crippen LogP) is 3.77. The Morgan fingerprint density at radius 2 is 2.09 bits per heavy atom. The van der Waals surface area contributed by atoms with Crippen molar-refractivity contribution in [3.05, 3.63) is 53.4 Å². The monoisotopic (exact) mass is 345 g/mol. The van der Waals surface area contributed by atoms with Gasteiger partial charge in [0.15, 0.2) is 0 Å². The molecule has 0 bridgehead atoms. The molecule has 1 N–H and O–H groups in total. The van der Waals surface area contributed by atoms with E-state index >= 15 is 0 Å². The molecular weight excluding hydrogens is 330 g/mol. The quantitative estimate of drug-likeness (QED) is 0.689. The van der Waals surface area contributed by atoms with E-state index in [0.29, 0.717) is 11.1 Å². The number of nitrogens with zero attached hydrogens (tertiary/aromatic N) is 2. The Labute approximate surface area is 142 Å². The Morgan fingerprint density at radius 3 is 2.83 bits per heavy atom. The molecule has 5 nitrogen and oxygen atoms in total. The Balaban J connectivity index is 1.51. The Kier molecular flexibility index (Phi) is 5.09. The number of hydrogen-bond donors (Lipinski definition) is 1. The molecule has 3 rings (SSSR count). The highest BCUT2D eigenvalue weighted by Crippen LogP contribution is 2.26. The summed E-state index contributed by atoms with van der Waals surface area (Å²) in [6.07, 6.45) is 0. The summed E-state index contributed by atoms with van der Waals surface area (Å²) in [5, 5.41) is 13.2. The van der Waals surface area contributed by atoms with Gasteiger partial charge >= 0.3 is 0 Å². The summed E-state index contributed by atoms with van der Waals surface area (Å²) in [4.78, 5) is 12.9. The molecule has 0 saturated heterocycles. The molecule has 2 heterocycles.